The van der Waals surface area contributed by atoms with Crippen molar-refractivity contribution in [3.63, 3.8) is 0 Å². The fourth-order valence-electron chi connectivity index (χ4n) is 1.23. The molecule has 0 aliphatic carbocycles. The molecule has 1 atom stereocenters. The Hall–Kier alpha value is -1.34. The zero-order chi connectivity index (χ0) is 9.68. The average molecular weight is 174 g/mol. The summed E-state index contributed by atoms with van der Waals surface area (Å²) in [7, 11) is 0. The topological polar surface area (TPSA) is 20.2 Å². The molecule has 0 radical (unpaired) electrons. The van der Waals surface area contributed by atoms with Crippen LogP contribution < -0.4 is 0 Å². The van der Waals surface area contributed by atoms with Crippen molar-refractivity contribution < 1.29 is 5.11 Å². The highest BCUT2D eigenvalue weighted by Crippen LogP contribution is 2.22. The molecule has 0 amide bonds. The molecular formula is C12H14O. The number of hydrogen-bond acceptors (Lipinski definition) is 1. The summed E-state index contributed by atoms with van der Waals surface area (Å²) >= 11 is 0. The Bertz CT molecular complexity index is 268. The minimum atomic E-state index is -0.531. The molecule has 0 unspecified atom stereocenters. The Balaban J connectivity index is 2.83. The SMILES string of the molecule is C=CC(C=C)[C@@H](O)c1ccccc1. The Morgan fingerprint density at radius 3 is 2.08 bits per heavy atom. The van der Waals surface area contributed by atoms with E-state index in [2.05, 4.69) is 13.2 Å². The molecule has 0 aliphatic heterocycles. The first kappa shape index (κ1) is 9.75. The number of benzene rings is 1. The van der Waals surface area contributed by atoms with Gasteiger partial charge in [0.05, 0.1) is 6.10 Å². The van der Waals surface area contributed by atoms with Crippen molar-refractivity contribution in [1.29, 1.82) is 0 Å². The lowest BCUT2D eigenvalue weighted by Gasteiger charge is -2.15. The van der Waals surface area contributed by atoms with Crippen molar-refractivity contribution in [2.24, 2.45) is 5.92 Å². The molecule has 1 nitrogen and oxygen atoms in total. The second kappa shape index (κ2) is 4.63. The van der Waals surface area contributed by atoms with Gasteiger partial charge in [-0.25, -0.2) is 0 Å². The van der Waals surface area contributed by atoms with E-state index in [1.54, 1.807) is 12.2 Å². The van der Waals surface area contributed by atoms with Gasteiger partial charge in [-0.15, -0.1) is 13.2 Å². The molecule has 1 N–H and O–H groups in total. The fourth-order valence-corrected chi connectivity index (χ4v) is 1.23. The highest BCUT2D eigenvalue weighted by atomic mass is 16.3. The minimum Gasteiger partial charge on any atom is -0.387 e. The normalized spacial score (nSPS) is 12.5. The molecule has 1 heteroatoms. The van der Waals surface area contributed by atoms with Crippen LogP contribution in [0.4, 0.5) is 0 Å². The molecule has 0 heterocycles. The van der Waals surface area contributed by atoms with E-state index < -0.39 is 6.10 Å². The number of aliphatic hydroxyl groups is 1. The maximum Gasteiger partial charge on any atom is 0.0886 e. The Morgan fingerprint density at radius 2 is 1.62 bits per heavy atom. The molecule has 1 rings (SSSR count). The quantitative estimate of drug-likeness (QED) is 0.696. The maximum absolute atomic E-state index is 9.84. The predicted octanol–water partition coefficient (Wildman–Crippen LogP) is 2.71. The van der Waals surface area contributed by atoms with Crippen molar-refractivity contribution in [2.75, 3.05) is 0 Å². The Morgan fingerprint density at radius 1 is 1.08 bits per heavy atom. The summed E-state index contributed by atoms with van der Waals surface area (Å²) in [6.45, 7) is 7.29. The van der Waals surface area contributed by atoms with Gasteiger partial charge in [-0.2, -0.15) is 0 Å². The highest BCUT2D eigenvalue weighted by Gasteiger charge is 2.13. The van der Waals surface area contributed by atoms with E-state index in [-0.39, 0.29) is 5.92 Å². The van der Waals surface area contributed by atoms with Crippen molar-refractivity contribution in [3.8, 4) is 0 Å². The van der Waals surface area contributed by atoms with E-state index in [1.807, 2.05) is 30.3 Å². The van der Waals surface area contributed by atoms with Gasteiger partial charge >= 0.3 is 0 Å². The largest absolute Gasteiger partial charge is 0.387 e. The van der Waals surface area contributed by atoms with Crippen molar-refractivity contribution in [1.82, 2.24) is 0 Å². The second-order valence-electron chi connectivity index (χ2n) is 2.90. The summed E-state index contributed by atoms with van der Waals surface area (Å²) in [6, 6.07) is 9.52. The molecule has 68 valence electrons. The van der Waals surface area contributed by atoms with Gasteiger partial charge in [0.15, 0.2) is 0 Å². The number of hydrogen-bond donors (Lipinski definition) is 1. The van der Waals surface area contributed by atoms with Crippen LogP contribution in [0.5, 0.6) is 0 Å². The molecule has 1 aromatic rings. The van der Waals surface area contributed by atoms with Crippen LogP contribution in [0.25, 0.3) is 0 Å². The van der Waals surface area contributed by atoms with E-state index in [9.17, 15) is 5.11 Å². The van der Waals surface area contributed by atoms with Gasteiger partial charge in [0.25, 0.3) is 0 Å². The average Bonchev–Trinajstić information content (AvgIpc) is 2.21. The molecule has 0 spiro atoms. The van der Waals surface area contributed by atoms with E-state index in [0.717, 1.165) is 5.56 Å². The minimum absolute atomic E-state index is 0.0811. The van der Waals surface area contributed by atoms with E-state index in [0.29, 0.717) is 0 Å². The predicted molar refractivity (Wildman–Crippen MR) is 55.3 cm³/mol. The third-order valence-electron chi connectivity index (χ3n) is 2.05. The van der Waals surface area contributed by atoms with Crippen LogP contribution >= 0.6 is 0 Å². The van der Waals surface area contributed by atoms with Crippen LogP contribution in [-0.4, -0.2) is 5.11 Å². The lowest BCUT2D eigenvalue weighted by molar-refractivity contribution is 0.151. The lowest BCUT2D eigenvalue weighted by atomic mass is 9.96. The van der Waals surface area contributed by atoms with Crippen LogP contribution in [-0.2, 0) is 0 Å². The van der Waals surface area contributed by atoms with Gasteiger partial charge in [-0.1, -0.05) is 42.5 Å². The molecule has 0 aromatic heterocycles. The van der Waals surface area contributed by atoms with Crippen LogP contribution in [0, 0.1) is 5.92 Å². The summed E-state index contributed by atoms with van der Waals surface area (Å²) in [5.74, 6) is -0.0811. The van der Waals surface area contributed by atoms with Gasteiger partial charge in [-0.3, -0.25) is 0 Å². The molecule has 0 saturated carbocycles. The lowest BCUT2D eigenvalue weighted by Crippen LogP contribution is -2.06. The molecule has 13 heavy (non-hydrogen) atoms. The maximum atomic E-state index is 9.84. The molecule has 0 aliphatic rings. The van der Waals surface area contributed by atoms with Crippen LogP contribution in [0.1, 0.15) is 11.7 Å². The van der Waals surface area contributed by atoms with Gasteiger partial charge in [0, 0.05) is 5.92 Å². The van der Waals surface area contributed by atoms with Gasteiger partial charge in [0.2, 0.25) is 0 Å². The van der Waals surface area contributed by atoms with E-state index in [1.165, 1.54) is 0 Å². The number of rotatable bonds is 4. The smallest absolute Gasteiger partial charge is 0.0886 e. The molecule has 0 fully saturated rings. The summed E-state index contributed by atoms with van der Waals surface area (Å²) in [4.78, 5) is 0. The first-order valence-electron chi connectivity index (χ1n) is 4.27. The Labute approximate surface area is 79.0 Å². The Kier molecular flexibility index (Phi) is 3.47. The summed E-state index contributed by atoms with van der Waals surface area (Å²) in [6.07, 6.45) is 2.87. The standard InChI is InChI=1S/C12H14O/c1-3-10(4-2)12(13)11-8-6-5-7-9-11/h3-10,12-13H,1-2H2/t12-/m1/s1. The van der Waals surface area contributed by atoms with Crippen molar-refractivity contribution in [2.45, 2.75) is 6.10 Å². The van der Waals surface area contributed by atoms with Crippen molar-refractivity contribution in [3.05, 3.63) is 61.2 Å². The zero-order valence-electron chi connectivity index (χ0n) is 7.56. The number of aliphatic hydroxyl groups excluding tert-OH is 1. The summed E-state index contributed by atoms with van der Waals surface area (Å²) < 4.78 is 0. The van der Waals surface area contributed by atoms with E-state index in [4.69, 9.17) is 0 Å². The van der Waals surface area contributed by atoms with Crippen LogP contribution in [0.2, 0.25) is 0 Å². The van der Waals surface area contributed by atoms with Crippen LogP contribution in [0.3, 0.4) is 0 Å². The molecule has 0 saturated heterocycles. The van der Waals surface area contributed by atoms with Crippen LogP contribution in [0.15, 0.2) is 55.6 Å². The second-order valence-corrected chi connectivity index (χ2v) is 2.90. The molecule has 1 aromatic carbocycles. The first-order chi connectivity index (χ1) is 6.29. The van der Waals surface area contributed by atoms with Crippen molar-refractivity contribution >= 4 is 0 Å². The third-order valence-corrected chi connectivity index (χ3v) is 2.05. The monoisotopic (exact) mass is 174 g/mol. The third kappa shape index (κ3) is 2.30. The van der Waals surface area contributed by atoms with Gasteiger partial charge < -0.3 is 5.11 Å². The van der Waals surface area contributed by atoms with E-state index >= 15 is 0 Å². The van der Waals surface area contributed by atoms with Gasteiger partial charge in [0.1, 0.15) is 0 Å². The summed E-state index contributed by atoms with van der Waals surface area (Å²) in [5.41, 5.74) is 0.896. The van der Waals surface area contributed by atoms with Gasteiger partial charge in [-0.05, 0) is 5.56 Å². The molecule has 0 bridgehead atoms. The highest BCUT2D eigenvalue weighted by molar-refractivity contribution is 5.20. The fraction of sp³-hybridized carbons (Fsp3) is 0.167. The summed E-state index contributed by atoms with van der Waals surface area (Å²) in [5, 5.41) is 9.84. The zero-order valence-corrected chi connectivity index (χ0v) is 7.56. The first-order valence-corrected chi connectivity index (χ1v) is 4.27. The molecular weight excluding hydrogens is 160 g/mol.